The quantitative estimate of drug-likeness (QED) is 0.383. The molecule has 28 heavy (non-hydrogen) atoms. The van der Waals surface area contributed by atoms with E-state index in [1.165, 1.54) is 0 Å². The predicted octanol–water partition coefficient (Wildman–Crippen LogP) is 8.22. The molecule has 3 rings (SSSR count). The second-order valence-electron chi connectivity index (χ2n) is 12.1. The molecular formula is C27H39In. The topological polar surface area (TPSA) is 0 Å². The van der Waals surface area contributed by atoms with E-state index in [1.807, 2.05) is 0 Å². The van der Waals surface area contributed by atoms with Crippen LogP contribution >= 0.6 is 0 Å². The fourth-order valence-electron chi connectivity index (χ4n) is 6.02. The summed E-state index contributed by atoms with van der Waals surface area (Å²) in [7, 11) is 0. The van der Waals surface area contributed by atoms with Crippen molar-refractivity contribution in [2.75, 3.05) is 0 Å². The van der Waals surface area contributed by atoms with Gasteiger partial charge in [-0.1, -0.05) is 0 Å². The van der Waals surface area contributed by atoms with Crippen LogP contribution in [0.3, 0.4) is 0 Å². The minimum absolute atomic E-state index is 0.160. The average Bonchev–Trinajstić information content (AvgIpc) is 3.27. The van der Waals surface area contributed by atoms with Crippen molar-refractivity contribution in [1.29, 1.82) is 0 Å². The Balaban J connectivity index is 2.44. The van der Waals surface area contributed by atoms with Crippen LogP contribution in [0.2, 0.25) is 9.51 Å². The summed E-state index contributed by atoms with van der Waals surface area (Å²) in [6, 6.07) is 0. The maximum atomic E-state index is 2.59. The van der Waals surface area contributed by atoms with Crippen LogP contribution in [-0.4, -0.2) is 21.4 Å². The third kappa shape index (κ3) is 2.94. The van der Waals surface area contributed by atoms with Crippen molar-refractivity contribution in [2.45, 2.75) is 71.8 Å². The number of rotatable bonds is 3. The second kappa shape index (κ2) is 6.66. The van der Waals surface area contributed by atoms with Crippen LogP contribution in [0, 0.1) is 16.2 Å². The molecule has 0 aromatic carbocycles. The fraction of sp³-hybridized carbons (Fsp3) is 0.556. The molecule has 3 aliphatic carbocycles. The average molecular weight is 478 g/mol. The summed E-state index contributed by atoms with van der Waals surface area (Å²) in [6.45, 7) is 22.2. The molecule has 0 unspecified atom stereocenters. The van der Waals surface area contributed by atoms with E-state index in [1.54, 1.807) is 0 Å². The molecule has 150 valence electrons. The Morgan fingerprint density at radius 3 is 0.714 bits per heavy atom. The fourth-order valence-corrected chi connectivity index (χ4v) is 25.4. The first-order valence-electron chi connectivity index (χ1n) is 10.8. The van der Waals surface area contributed by atoms with Gasteiger partial charge < -0.3 is 0 Å². The van der Waals surface area contributed by atoms with Crippen molar-refractivity contribution < 1.29 is 0 Å². The molecule has 0 aromatic rings. The van der Waals surface area contributed by atoms with E-state index < -0.39 is 21.4 Å². The van der Waals surface area contributed by atoms with Gasteiger partial charge >= 0.3 is 182 Å². The van der Waals surface area contributed by atoms with Gasteiger partial charge in [0.15, 0.2) is 0 Å². The molecule has 1 heteroatoms. The molecule has 0 N–H and O–H groups in total. The van der Waals surface area contributed by atoms with Crippen molar-refractivity contribution >= 4 is 21.4 Å². The molecule has 0 fully saturated rings. The molecule has 0 spiro atoms. The Bertz CT molecular complexity index is 645. The predicted molar refractivity (Wildman–Crippen MR) is 127 cm³/mol. The van der Waals surface area contributed by atoms with Crippen LogP contribution in [0.4, 0.5) is 0 Å². The molecule has 3 aliphatic rings. The number of hydrogen-bond donors (Lipinski definition) is 0. The normalized spacial score (nSPS) is 23.9. The summed E-state index contributed by atoms with van der Waals surface area (Å²) in [5.74, 6) is 0. The van der Waals surface area contributed by atoms with Crippen molar-refractivity contribution in [1.82, 2.24) is 0 Å². The van der Waals surface area contributed by atoms with Crippen molar-refractivity contribution in [2.24, 2.45) is 16.2 Å². The second-order valence-corrected chi connectivity index (χ2v) is 22.8. The molecule has 0 atom stereocenters. The summed E-state index contributed by atoms with van der Waals surface area (Å²) < 4.78 is 0.480. The van der Waals surface area contributed by atoms with E-state index in [0.717, 1.165) is 0 Å². The SMILES string of the molecule is CC(C)(C)[C]1([In]([C]2(C(C)(C)C)C=CC=C2)[C]2(C(C)(C)C)C=CC=C2)C=CC=C1. The van der Waals surface area contributed by atoms with Gasteiger partial charge in [0.05, 0.1) is 0 Å². The zero-order valence-electron chi connectivity index (χ0n) is 19.5. The standard InChI is InChI=1S/3C9H13.In/c3*1-9(2,3)8-6-4-5-7-8;/h3*4-7H,1-3H3;. The van der Waals surface area contributed by atoms with Gasteiger partial charge in [0.25, 0.3) is 0 Å². The molecule has 0 bridgehead atoms. The minimum atomic E-state index is -2.74. The number of allylic oxidation sites excluding steroid dienone is 12. The van der Waals surface area contributed by atoms with Crippen molar-refractivity contribution in [3.63, 3.8) is 0 Å². The zero-order chi connectivity index (χ0) is 21.1. The molecule has 0 aliphatic heterocycles. The molecule has 0 nitrogen and oxygen atoms in total. The van der Waals surface area contributed by atoms with E-state index in [9.17, 15) is 0 Å². The Kier molecular flexibility index (Phi) is 5.23. The molecule has 0 aromatic heterocycles. The first-order chi connectivity index (χ1) is 12.7. The van der Waals surface area contributed by atoms with Crippen LogP contribution in [0.25, 0.3) is 0 Å². The van der Waals surface area contributed by atoms with E-state index in [0.29, 0.717) is 0 Å². The van der Waals surface area contributed by atoms with Gasteiger partial charge in [-0.2, -0.15) is 0 Å². The molecule has 0 heterocycles. The van der Waals surface area contributed by atoms with Gasteiger partial charge in [-0.15, -0.1) is 0 Å². The van der Waals surface area contributed by atoms with Crippen molar-refractivity contribution in [3.05, 3.63) is 72.9 Å². The van der Waals surface area contributed by atoms with Gasteiger partial charge in [-0.25, -0.2) is 0 Å². The third-order valence-electron chi connectivity index (χ3n) is 7.90. The Morgan fingerprint density at radius 1 is 0.393 bits per heavy atom. The van der Waals surface area contributed by atoms with Gasteiger partial charge in [-0.05, 0) is 0 Å². The van der Waals surface area contributed by atoms with E-state index >= 15 is 0 Å². The Morgan fingerprint density at radius 2 is 0.571 bits per heavy atom. The maximum absolute atomic E-state index is 2.74. The van der Waals surface area contributed by atoms with E-state index in [-0.39, 0.29) is 25.8 Å². The molecule has 0 amide bonds. The van der Waals surface area contributed by atoms with E-state index in [4.69, 9.17) is 0 Å². The summed E-state index contributed by atoms with van der Waals surface area (Å²) in [6.07, 6.45) is 29.5. The monoisotopic (exact) mass is 478 g/mol. The summed E-state index contributed by atoms with van der Waals surface area (Å²) in [5, 5.41) is 0. The summed E-state index contributed by atoms with van der Waals surface area (Å²) in [5.41, 5.74) is 0.548. The molecular weight excluding hydrogens is 439 g/mol. The van der Waals surface area contributed by atoms with Crippen LogP contribution in [0.15, 0.2) is 72.9 Å². The first-order valence-corrected chi connectivity index (χ1v) is 15.8. The Hall–Kier alpha value is -0.690. The summed E-state index contributed by atoms with van der Waals surface area (Å²) in [4.78, 5) is 0. The molecule has 0 radical (unpaired) electrons. The van der Waals surface area contributed by atoms with Gasteiger partial charge in [0, 0.05) is 0 Å². The van der Waals surface area contributed by atoms with Crippen LogP contribution in [0.1, 0.15) is 62.3 Å². The molecule has 0 saturated heterocycles. The van der Waals surface area contributed by atoms with Crippen LogP contribution in [0.5, 0.6) is 0 Å². The van der Waals surface area contributed by atoms with Gasteiger partial charge in [0.2, 0.25) is 0 Å². The van der Waals surface area contributed by atoms with Crippen molar-refractivity contribution in [3.8, 4) is 0 Å². The summed E-state index contributed by atoms with van der Waals surface area (Å²) >= 11 is -2.74. The molecule has 0 saturated carbocycles. The van der Waals surface area contributed by atoms with Crippen LogP contribution < -0.4 is 0 Å². The van der Waals surface area contributed by atoms with Gasteiger partial charge in [0.1, 0.15) is 0 Å². The Labute approximate surface area is 181 Å². The van der Waals surface area contributed by atoms with E-state index in [2.05, 4.69) is 135 Å². The zero-order valence-corrected chi connectivity index (χ0v) is 22.8. The van der Waals surface area contributed by atoms with Crippen LogP contribution in [-0.2, 0) is 0 Å². The third-order valence-corrected chi connectivity index (χ3v) is 26.8. The number of hydrogen-bond acceptors (Lipinski definition) is 0. The van der Waals surface area contributed by atoms with Gasteiger partial charge in [-0.3, -0.25) is 0 Å². The first kappa shape index (κ1) is 22.0.